The van der Waals surface area contributed by atoms with Crippen LogP contribution in [0.1, 0.15) is 21.5 Å². The molecule has 0 aliphatic carbocycles. The highest BCUT2D eigenvalue weighted by molar-refractivity contribution is 7.99. The lowest BCUT2D eigenvalue weighted by molar-refractivity contribution is 0.0472. The van der Waals surface area contributed by atoms with E-state index in [1.165, 1.54) is 0 Å². The van der Waals surface area contributed by atoms with Crippen LogP contribution in [0.15, 0.2) is 59.5 Å². The second-order valence-electron chi connectivity index (χ2n) is 5.70. The van der Waals surface area contributed by atoms with E-state index in [1.54, 1.807) is 18.9 Å². The number of fused-ring (bicyclic) bond motifs is 1. The zero-order chi connectivity index (χ0) is 17.8. The van der Waals surface area contributed by atoms with Crippen molar-refractivity contribution in [1.82, 2.24) is 0 Å². The van der Waals surface area contributed by atoms with E-state index in [1.807, 2.05) is 67.8 Å². The van der Waals surface area contributed by atoms with Crippen molar-refractivity contribution in [2.24, 2.45) is 0 Å². The lowest BCUT2D eigenvalue weighted by Gasteiger charge is -2.14. The van der Waals surface area contributed by atoms with Crippen LogP contribution in [-0.2, 0) is 11.3 Å². The Balaban J connectivity index is 1.92. The van der Waals surface area contributed by atoms with Crippen LogP contribution in [0.4, 0.5) is 0 Å². The highest BCUT2D eigenvalue weighted by Crippen LogP contribution is 2.37. The van der Waals surface area contributed by atoms with Crippen molar-refractivity contribution in [1.29, 1.82) is 0 Å². The number of rotatable bonds is 5. The molecule has 0 aliphatic rings. The first-order chi connectivity index (χ1) is 12.2. The zero-order valence-electron chi connectivity index (χ0n) is 14.5. The summed E-state index contributed by atoms with van der Waals surface area (Å²) in [7, 11) is 1.67. The molecule has 0 heterocycles. The molecule has 0 spiro atoms. The Morgan fingerprint density at radius 3 is 2.40 bits per heavy atom. The van der Waals surface area contributed by atoms with Crippen molar-refractivity contribution >= 4 is 28.5 Å². The molecule has 4 heteroatoms. The lowest BCUT2D eigenvalue weighted by atomic mass is 10.00. The van der Waals surface area contributed by atoms with Gasteiger partial charge >= 0.3 is 5.97 Å². The summed E-state index contributed by atoms with van der Waals surface area (Å²) >= 11 is 1.64. The zero-order valence-corrected chi connectivity index (χ0v) is 15.4. The first-order valence-electron chi connectivity index (χ1n) is 8.01. The van der Waals surface area contributed by atoms with Crippen molar-refractivity contribution < 1.29 is 14.3 Å². The monoisotopic (exact) mass is 352 g/mol. The van der Waals surface area contributed by atoms with Gasteiger partial charge in [0.05, 0.1) is 17.6 Å². The minimum Gasteiger partial charge on any atom is -0.496 e. The third-order valence-electron chi connectivity index (χ3n) is 4.24. The number of methoxy groups -OCH3 is 1. The topological polar surface area (TPSA) is 35.5 Å². The van der Waals surface area contributed by atoms with E-state index >= 15 is 0 Å². The molecule has 0 atom stereocenters. The van der Waals surface area contributed by atoms with Crippen molar-refractivity contribution in [3.05, 3.63) is 71.3 Å². The summed E-state index contributed by atoms with van der Waals surface area (Å²) < 4.78 is 10.9. The SMILES string of the molecule is COc1ccc2c(C)c(C(=O)OCc3ccccc3)ccc2c1SC. The molecule has 0 saturated heterocycles. The summed E-state index contributed by atoms with van der Waals surface area (Å²) in [6, 6.07) is 17.4. The van der Waals surface area contributed by atoms with Crippen LogP contribution in [0.25, 0.3) is 10.8 Å². The molecule has 0 aliphatic heterocycles. The third kappa shape index (κ3) is 3.49. The van der Waals surface area contributed by atoms with Crippen molar-refractivity contribution in [3.8, 4) is 5.75 Å². The third-order valence-corrected chi connectivity index (χ3v) is 5.07. The molecule has 0 saturated carbocycles. The standard InChI is InChI=1S/C21H20O3S/c1-14-16-11-12-19(23-2)20(25-3)18(16)10-9-17(14)21(22)24-13-15-7-5-4-6-8-15/h4-12H,13H2,1-3H3. The molecule has 0 fully saturated rings. The Labute approximate surface area is 152 Å². The molecule has 128 valence electrons. The van der Waals surface area contributed by atoms with Crippen LogP contribution >= 0.6 is 11.8 Å². The van der Waals surface area contributed by atoms with E-state index in [0.29, 0.717) is 5.56 Å². The first kappa shape index (κ1) is 17.4. The van der Waals surface area contributed by atoms with Crippen molar-refractivity contribution in [2.45, 2.75) is 18.4 Å². The molecule has 0 unspecified atom stereocenters. The average molecular weight is 352 g/mol. The van der Waals surface area contributed by atoms with Crippen molar-refractivity contribution in [2.75, 3.05) is 13.4 Å². The number of hydrogen-bond donors (Lipinski definition) is 0. The van der Waals surface area contributed by atoms with Gasteiger partial charge in [0.25, 0.3) is 0 Å². The highest BCUT2D eigenvalue weighted by Gasteiger charge is 2.16. The van der Waals surface area contributed by atoms with Gasteiger partial charge in [0.15, 0.2) is 0 Å². The van der Waals surface area contributed by atoms with Crippen molar-refractivity contribution in [3.63, 3.8) is 0 Å². The number of ether oxygens (including phenoxy) is 2. The lowest BCUT2D eigenvalue weighted by Crippen LogP contribution is -2.07. The van der Waals surface area contributed by atoms with Gasteiger partial charge in [-0.3, -0.25) is 0 Å². The second-order valence-corrected chi connectivity index (χ2v) is 6.51. The highest BCUT2D eigenvalue weighted by atomic mass is 32.2. The Morgan fingerprint density at radius 1 is 1.00 bits per heavy atom. The van der Waals surface area contributed by atoms with E-state index in [2.05, 4.69) is 0 Å². The Kier molecular flexibility index (Phi) is 5.29. The maximum Gasteiger partial charge on any atom is 0.338 e. The molecule has 0 radical (unpaired) electrons. The minimum atomic E-state index is -0.301. The maximum absolute atomic E-state index is 12.5. The Hall–Kier alpha value is -2.46. The molecule has 3 aromatic carbocycles. The Morgan fingerprint density at radius 2 is 1.72 bits per heavy atom. The molecule has 0 N–H and O–H groups in total. The van der Waals surface area contributed by atoms with Gasteiger partial charge in [0.1, 0.15) is 12.4 Å². The van der Waals surface area contributed by atoms with Crippen LogP contribution in [0, 0.1) is 6.92 Å². The minimum absolute atomic E-state index is 0.274. The number of aryl methyl sites for hydroxylation is 1. The predicted molar refractivity (Wildman–Crippen MR) is 103 cm³/mol. The van der Waals surface area contributed by atoms with E-state index < -0.39 is 0 Å². The molecule has 3 rings (SSSR count). The summed E-state index contributed by atoms with van der Waals surface area (Å²) in [4.78, 5) is 13.6. The van der Waals surface area contributed by atoms with Crippen LogP contribution in [0.5, 0.6) is 5.75 Å². The fourth-order valence-corrected chi connectivity index (χ4v) is 3.65. The number of esters is 1. The fraction of sp³-hybridized carbons (Fsp3) is 0.190. The van der Waals surface area contributed by atoms with Crippen LogP contribution in [0.3, 0.4) is 0 Å². The molecule has 25 heavy (non-hydrogen) atoms. The molecule has 0 bridgehead atoms. The van der Waals surface area contributed by atoms with Gasteiger partial charge in [-0.05, 0) is 47.2 Å². The molecule has 0 amide bonds. The molecular formula is C21H20O3S. The molecule has 0 aromatic heterocycles. The first-order valence-corrected chi connectivity index (χ1v) is 9.23. The van der Waals surface area contributed by atoms with Crippen LogP contribution < -0.4 is 4.74 Å². The average Bonchev–Trinajstić information content (AvgIpc) is 2.66. The smallest absolute Gasteiger partial charge is 0.338 e. The van der Waals surface area contributed by atoms with E-state index in [4.69, 9.17) is 9.47 Å². The van der Waals surface area contributed by atoms with Crippen LogP contribution in [-0.4, -0.2) is 19.3 Å². The van der Waals surface area contributed by atoms with Gasteiger partial charge in [0.2, 0.25) is 0 Å². The van der Waals surface area contributed by atoms with Gasteiger partial charge in [-0.1, -0.05) is 42.5 Å². The summed E-state index contributed by atoms with van der Waals surface area (Å²) in [5.41, 5.74) is 2.50. The van der Waals surface area contributed by atoms with Gasteiger partial charge in [0, 0.05) is 0 Å². The maximum atomic E-state index is 12.5. The molecular weight excluding hydrogens is 332 g/mol. The summed E-state index contributed by atoms with van der Waals surface area (Å²) in [5.74, 6) is 0.545. The van der Waals surface area contributed by atoms with Gasteiger partial charge in [-0.25, -0.2) is 4.79 Å². The Bertz CT molecular complexity index is 904. The normalized spacial score (nSPS) is 10.7. The molecule has 3 aromatic rings. The van der Waals surface area contributed by atoms with Gasteiger partial charge in [-0.2, -0.15) is 0 Å². The predicted octanol–water partition coefficient (Wildman–Crippen LogP) is 5.24. The summed E-state index contributed by atoms with van der Waals surface area (Å²) in [6.07, 6.45) is 2.02. The number of carbonyl (C=O) groups is 1. The number of thioether (sulfide) groups is 1. The van der Waals surface area contributed by atoms with Gasteiger partial charge in [-0.15, -0.1) is 11.8 Å². The number of benzene rings is 3. The summed E-state index contributed by atoms with van der Waals surface area (Å²) in [6.45, 7) is 2.23. The number of hydrogen-bond acceptors (Lipinski definition) is 4. The van der Waals surface area contributed by atoms with E-state index in [9.17, 15) is 4.79 Å². The second kappa shape index (κ2) is 7.62. The van der Waals surface area contributed by atoms with E-state index in [-0.39, 0.29) is 12.6 Å². The number of carbonyl (C=O) groups excluding carboxylic acids is 1. The quantitative estimate of drug-likeness (QED) is 0.465. The largest absolute Gasteiger partial charge is 0.496 e. The van der Waals surface area contributed by atoms with Crippen LogP contribution in [0.2, 0.25) is 0 Å². The fourth-order valence-electron chi connectivity index (χ4n) is 2.90. The van der Waals surface area contributed by atoms with E-state index in [0.717, 1.165) is 32.5 Å². The van der Waals surface area contributed by atoms with Gasteiger partial charge < -0.3 is 9.47 Å². The summed E-state index contributed by atoms with van der Waals surface area (Å²) in [5, 5.41) is 2.13. The molecule has 3 nitrogen and oxygen atoms in total.